The minimum Gasteiger partial charge on any atom is -0.360 e. The van der Waals surface area contributed by atoms with E-state index in [0.29, 0.717) is 32.3 Å². The lowest BCUT2D eigenvalue weighted by molar-refractivity contribution is 0.102. The Morgan fingerprint density at radius 3 is 2.92 bits per heavy atom. The minimum atomic E-state index is -0.350. The predicted octanol–water partition coefficient (Wildman–Crippen LogP) is 2.77. The minimum absolute atomic E-state index is 0.189. The molecule has 0 unspecified atom stereocenters. The Bertz CT molecular complexity index is 1160. The molecule has 0 saturated heterocycles. The molecule has 0 aliphatic rings. The monoisotopic (exact) mass is 340 g/mol. The molecule has 4 rings (SSSR count). The Hall–Kier alpha value is -3.00. The van der Waals surface area contributed by atoms with Gasteiger partial charge in [0.15, 0.2) is 5.82 Å². The van der Waals surface area contributed by atoms with Gasteiger partial charge in [-0.2, -0.15) is 0 Å². The summed E-state index contributed by atoms with van der Waals surface area (Å²) in [6, 6.07) is 6.87. The third-order valence-corrected chi connectivity index (χ3v) is 4.65. The SMILES string of the molecule is Cc1cc(NC(=O)c2cc3c(=O)n4cccc(C)c4nc3s2)no1. The van der Waals surface area contributed by atoms with Crippen molar-refractivity contribution in [3.05, 3.63) is 57.0 Å². The summed E-state index contributed by atoms with van der Waals surface area (Å²) in [5.41, 5.74) is 1.30. The molecule has 7 nitrogen and oxygen atoms in total. The van der Waals surface area contributed by atoms with Gasteiger partial charge in [0.1, 0.15) is 16.2 Å². The number of rotatable bonds is 2. The van der Waals surface area contributed by atoms with Crippen molar-refractivity contribution in [3.63, 3.8) is 0 Å². The van der Waals surface area contributed by atoms with Gasteiger partial charge in [-0.05, 0) is 31.5 Å². The van der Waals surface area contributed by atoms with E-state index >= 15 is 0 Å². The number of carbonyl (C=O) groups is 1. The average molecular weight is 340 g/mol. The highest BCUT2D eigenvalue weighted by atomic mass is 32.1. The van der Waals surface area contributed by atoms with E-state index < -0.39 is 0 Å². The van der Waals surface area contributed by atoms with Crippen LogP contribution in [0.15, 0.2) is 39.8 Å². The lowest BCUT2D eigenvalue weighted by atomic mass is 10.3. The van der Waals surface area contributed by atoms with Crippen molar-refractivity contribution in [1.29, 1.82) is 0 Å². The van der Waals surface area contributed by atoms with Crippen molar-refractivity contribution in [1.82, 2.24) is 14.5 Å². The summed E-state index contributed by atoms with van der Waals surface area (Å²) in [5, 5.41) is 6.79. The molecule has 1 amide bonds. The molecule has 8 heteroatoms. The summed E-state index contributed by atoms with van der Waals surface area (Å²) in [7, 11) is 0. The fourth-order valence-corrected chi connectivity index (χ4v) is 3.39. The van der Waals surface area contributed by atoms with Crippen LogP contribution in [0, 0.1) is 13.8 Å². The lowest BCUT2D eigenvalue weighted by Gasteiger charge is -2.02. The molecule has 0 bridgehead atoms. The van der Waals surface area contributed by atoms with Gasteiger partial charge < -0.3 is 9.84 Å². The topological polar surface area (TPSA) is 89.5 Å². The number of nitrogens with one attached hydrogen (secondary N) is 1. The van der Waals surface area contributed by atoms with Crippen LogP contribution < -0.4 is 10.9 Å². The van der Waals surface area contributed by atoms with E-state index in [4.69, 9.17) is 4.52 Å². The first-order valence-electron chi connectivity index (χ1n) is 7.19. The standard InChI is InChI=1S/C16H12N4O3S/c1-8-4-3-5-20-13(8)18-15-10(16(20)22)7-11(24-15)14(21)17-12-6-9(2)23-19-12/h3-7H,1-2H3,(H,17,19,21). The van der Waals surface area contributed by atoms with Gasteiger partial charge >= 0.3 is 0 Å². The van der Waals surface area contributed by atoms with Crippen LogP contribution in [0.2, 0.25) is 0 Å². The van der Waals surface area contributed by atoms with Gasteiger partial charge in [0.05, 0.1) is 10.3 Å². The molecule has 0 spiro atoms. The zero-order chi connectivity index (χ0) is 16.8. The number of amides is 1. The van der Waals surface area contributed by atoms with Gasteiger partial charge in [-0.15, -0.1) is 11.3 Å². The van der Waals surface area contributed by atoms with Gasteiger partial charge in [-0.25, -0.2) is 4.98 Å². The number of aromatic nitrogens is 3. The molecule has 0 aromatic carbocycles. The normalized spacial score (nSPS) is 11.2. The molecule has 24 heavy (non-hydrogen) atoms. The smallest absolute Gasteiger partial charge is 0.267 e. The van der Waals surface area contributed by atoms with Gasteiger partial charge in [-0.1, -0.05) is 11.2 Å². The molecule has 4 aromatic rings. The third kappa shape index (κ3) is 2.28. The number of hydrogen-bond donors (Lipinski definition) is 1. The van der Waals surface area contributed by atoms with Crippen molar-refractivity contribution in [2.45, 2.75) is 13.8 Å². The van der Waals surface area contributed by atoms with Crippen LogP contribution >= 0.6 is 11.3 Å². The summed E-state index contributed by atoms with van der Waals surface area (Å²) in [6.07, 6.45) is 1.67. The largest absolute Gasteiger partial charge is 0.360 e. The van der Waals surface area contributed by atoms with Gasteiger partial charge in [0.25, 0.3) is 11.5 Å². The fourth-order valence-electron chi connectivity index (χ4n) is 2.47. The molecule has 4 heterocycles. The molecule has 0 aliphatic heterocycles. The van der Waals surface area contributed by atoms with Crippen molar-refractivity contribution in [2.24, 2.45) is 0 Å². The Morgan fingerprint density at radius 1 is 1.33 bits per heavy atom. The summed E-state index contributed by atoms with van der Waals surface area (Å²) < 4.78 is 6.41. The Balaban J connectivity index is 1.82. The van der Waals surface area contributed by atoms with E-state index in [9.17, 15) is 9.59 Å². The first-order valence-corrected chi connectivity index (χ1v) is 8.01. The second-order valence-electron chi connectivity index (χ2n) is 5.41. The fraction of sp³-hybridized carbons (Fsp3) is 0.125. The van der Waals surface area contributed by atoms with Gasteiger partial charge in [0.2, 0.25) is 0 Å². The van der Waals surface area contributed by atoms with Crippen molar-refractivity contribution >= 4 is 38.9 Å². The van der Waals surface area contributed by atoms with Crippen LogP contribution in [0.25, 0.3) is 15.9 Å². The van der Waals surface area contributed by atoms with E-state index in [-0.39, 0.29) is 11.5 Å². The van der Waals surface area contributed by atoms with Crippen LogP contribution in [0.5, 0.6) is 0 Å². The zero-order valence-electron chi connectivity index (χ0n) is 12.9. The van der Waals surface area contributed by atoms with E-state index in [1.807, 2.05) is 13.0 Å². The average Bonchev–Trinajstić information content (AvgIpc) is 3.15. The molecule has 0 aliphatic carbocycles. The van der Waals surface area contributed by atoms with E-state index in [1.54, 1.807) is 31.3 Å². The van der Waals surface area contributed by atoms with Gasteiger partial charge in [-0.3, -0.25) is 14.0 Å². The first kappa shape index (κ1) is 14.6. The summed E-state index contributed by atoms with van der Waals surface area (Å²) >= 11 is 1.17. The second kappa shape index (κ2) is 5.27. The molecule has 0 fully saturated rings. The lowest BCUT2D eigenvalue weighted by Crippen LogP contribution is -2.14. The summed E-state index contributed by atoms with van der Waals surface area (Å²) in [6.45, 7) is 3.63. The second-order valence-corrected chi connectivity index (χ2v) is 6.44. The van der Waals surface area contributed by atoms with Gasteiger partial charge in [0, 0.05) is 12.3 Å². The predicted molar refractivity (Wildman–Crippen MR) is 90.8 cm³/mol. The van der Waals surface area contributed by atoms with Crippen LogP contribution in [0.1, 0.15) is 21.0 Å². The molecular weight excluding hydrogens is 328 g/mol. The first-order chi connectivity index (χ1) is 11.5. The number of thiophene rings is 1. The maximum absolute atomic E-state index is 12.6. The highest BCUT2D eigenvalue weighted by molar-refractivity contribution is 7.20. The maximum atomic E-state index is 12.6. The van der Waals surface area contributed by atoms with Crippen molar-refractivity contribution in [2.75, 3.05) is 5.32 Å². The zero-order valence-corrected chi connectivity index (χ0v) is 13.7. The number of anilines is 1. The molecule has 4 aromatic heterocycles. The number of carbonyl (C=O) groups excluding carboxylic acids is 1. The molecule has 1 N–H and O–H groups in total. The summed E-state index contributed by atoms with van der Waals surface area (Å²) in [5.74, 6) is 0.584. The number of pyridine rings is 1. The van der Waals surface area contributed by atoms with E-state index in [1.165, 1.54) is 15.7 Å². The van der Waals surface area contributed by atoms with Crippen molar-refractivity contribution in [3.8, 4) is 0 Å². The molecule has 0 saturated carbocycles. The van der Waals surface area contributed by atoms with E-state index in [0.717, 1.165) is 5.56 Å². The molecular formula is C16H12N4O3S. The van der Waals surface area contributed by atoms with Crippen LogP contribution in [0.3, 0.4) is 0 Å². The number of nitrogens with zero attached hydrogens (tertiary/aromatic N) is 3. The Labute approximate surface area is 139 Å². The van der Waals surface area contributed by atoms with Crippen LogP contribution in [-0.2, 0) is 0 Å². The Kier molecular flexibility index (Phi) is 3.20. The quantitative estimate of drug-likeness (QED) is 0.606. The summed E-state index contributed by atoms with van der Waals surface area (Å²) in [4.78, 5) is 30.4. The van der Waals surface area contributed by atoms with Crippen LogP contribution in [-0.4, -0.2) is 20.4 Å². The van der Waals surface area contributed by atoms with Crippen molar-refractivity contribution < 1.29 is 9.32 Å². The van der Waals surface area contributed by atoms with Crippen LogP contribution in [0.4, 0.5) is 5.82 Å². The highest BCUT2D eigenvalue weighted by Crippen LogP contribution is 2.23. The number of fused-ring (bicyclic) bond motifs is 2. The molecule has 120 valence electrons. The Morgan fingerprint density at radius 2 is 2.17 bits per heavy atom. The van der Waals surface area contributed by atoms with E-state index in [2.05, 4.69) is 15.5 Å². The third-order valence-electron chi connectivity index (χ3n) is 3.62. The highest BCUT2D eigenvalue weighted by Gasteiger charge is 2.16. The molecule has 0 atom stereocenters. The number of hydrogen-bond acceptors (Lipinski definition) is 6. The maximum Gasteiger partial charge on any atom is 0.267 e. The molecule has 0 radical (unpaired) electrons. The number of aryl methyl sites for hydroxylation is 2.